The van der Waals surface area contributed by atoms with E-state index < -0.39 is 83.5 Å². The van der Waals surface area contributed by atoms with Crippen molar-refractivity contribution in [2.45, 2.75) is 148 Å². The van der Waals surface area contributed by atoms with Crippen molar-refractivity contribution in [2.24, 2.45) is 17.8 Å². The number of hydrogen-bond acceptors (Lipinski definition) is 13. The van der Waals surface area contributed by atoms with E-state index in [9.17, 15) is 24.3 Å². The lowest BCUT2D eigenvalue weighted by molar-refractivity contribution is -0.295. The average Bonchev–Trinajstić information content (AvgIpc) is 3.70. The standard InChI is InChI=1S/C41H64N6O10/c1-12-31-41(8)34(47(39(52)57-41)42-18-15-19-46-29-17-14-13-16-28(29)22-43-46)27(6)36(50)44-23(2)21-40(7,53-11)35(25(4)32(48)26(5)37(51)55-31)56-38-33(49)30(45(9)10)20-24(3)54-38/h13-14,16-17,22-27,30-31,33-35,38,42,49H,12,15,18-21H2,1-11H3,(H,44,50)/t23-,24-,25+,26-,27?,30+,31+,33-,34-,35+,38+,40+,41-/m1/s1. The molecule has 5 rings (SSSR count). The van der Waals surface area contributed by atoms with Gasteiger partial charge in [-0.2, -0.15) is 5.10 Å². The summed E-state index contributed by atoms with van der Waals surface area (Å²) in [6.45, 7) is 14.7. The number of cyclic esters (lactones) is 1. The number of esters is 1. The lowest BCUT2D eigenvalue weighted by Crippen LogP contribution is -2.61. The van der Waals surface area contributed by atoms with Gasteiger partial charge in [0.15, 0.2) is 17.7 Å². The molecule has 3 aliphatic heterocycles. The number of nitrogens with one attached hydrogen (secondary N) is 2. The van der Waals surface area contributed by atoms with Gasteiger partial charge in [-0.05, 0) is 80.5 Å². The maximum atomic E-state index is 14.3. The summed E-state index contributed by atoms with van der Waals surface area (Å²) in [6, 6.07) is 6.18. The predicted octanol–water partition coefficient (Wildman–Crippen LogP) is 3.43. The van der Waals surface area contributed by atoms with E-state index in [-0.39, 0.29) is 30.9 Å². The number of fused-ring (bicyclic) bond motifs is 2. The number of hydrazine groups is 1. The van der Waals surface area contributed by atoms with Gasteiger partial charge in [-0.15, -0.1) is 0 Å². The van der Waals surface area contributed by atoms with Crippen LogP contribution in [0.1, 0.15) is 81.1 Å². The number of rotatable bonds is 10. The van der Waals surface area contributed by atoms with Crippen LogP contribution in [-0.4, -0.2) is 136 Å². The molecule has 0 spiro atoms. The van der Waals surface area contributed by atoms with Crippen LogP contribution in [0.3, 0.4) is 0 Å². The average molecular weight is 801 g/mol. The van der Waals surface area contributed by atoms with Crippen LogP contribution in [-0.2, 0) is 44.6 Å². The molecule has 2 aromatic rings. The number of aliphatic hydroxyl groups excluding tert-OH is 1. The number of amides is 2. The number of aliphatic hydroxyl groups is 1. The topological polar surface area (TPSA) is 183 Å². The quantitative estimate of drug-likeness (QED) is 0.181. The molecule has 16 heteroatoms. The lowest BCUT2D eigenvalue weighted by atomic mass is 9.79. The zero-order valence-corrected chi connectivity index (χ0v) is 35.4. The molecule has 3 fully saturated rings. The molecule has 16 nitrogen and oxygen atoms in total. The molecule has 3 N–H and O–H groups in total. The highest BCUT2D eigenvalue weighted by molar-refractivity contribution is 6.00. The second-order valence-corrected chi connectivity index (χ2v) is 16.8. The smallest absolute Gasteiger partial charge is 0.425 e. The number of Topliss-reactive ketones (excluding diaryl/α,β-unsaturated/α-hetero) is 1. The second-order valence-electron chi connectivity index (χ2n) is 16.8. The summed E-state index contributed by atoms with van der Waals surface area (Å²) in [5.41, 5.74) is 1.49. The first-order valence-electron chi connectivity index (χ1n) is 20.3. The van der Waals surface area contributed by atoms with Gasteiger partial charge in [0.1, 0.15) is 24.2 Å². The Morgan fingerprint density at radius 1 is 1.07 bits per heavy atom. The molecule has 0 radical (unpaired) electrons. The Morgan fingerprint density at radius 2 is 1.77 bits per heavy atom. The normalized spacial score (nSPS) is 37.4. The molecule has 0 saturated carbocycles. The molecule has 0 aliphatic carbocycles. The fourth-order valence-electron chi connectivity index (χ4n) is 9.03. The van der Waals surface area contributed by atoms with Crippen LogP contribution in [0.15, 0.2) is 30.5 Å². The van der Waals surface area contributed by atoms with Gasteiger partial charge >= 0.3 is 12.1 Å². The van der Waals surface area contributed by atoms with Crippen molar-refractivity contribution in [2.75, 3.05) is 27.7 Å². The third-order valence-corrected chi connectivity index (χ3v) is 12.3. The Labute approximate surface area is 336 Å². The summed E-state index contributed by atoms with van der Waals surface area (Å²) < 4.78 is 32.9. The molecule has 4 heterocycles. The van der Waals surface area contributed by atoms with Crippen molar-refractivity contribution in [3.63, 3.8) is 0 Å². The Bertz CT molecular complexity index is 1740. The number of para-hydroxylation sites is 1. The van der Waals surface area contributed by atoms with Crippen molar-refractivity contribution >= 4 is 34.7 Å². The number of carbonyl (C=O) groups excluding carboxylic acids is 4. The SMILES string of the molecule is CC[C@@H]1OC(=O)[C@H](C)C(=O)[C@H](C)[C@H](O[C@@H]2O[C@H](C)C[C@H](N(C)C)[C@H]2O)[C@@](C)(OC)C[C@@H](C)NC(=O)C(C)[C@H]2N(NCCCn3ncc4ccccc43)C(=O)O[C@]12C. The fraction of sp³-hybridized carbons (Fsp3) is 0.732. The molecule has 0 bridgehead atoms. The van der Waals surface area contributed by atoms with Gasteiger partial charge in [0.2, 0.25) is 5.91 Å². The third-order valence-electron chi connectivity index (χ3n) is 12.3. The van der Waals surface area contributed by atoms with E-state index in [1.165, 1.54) is 19.0 Å². The van der Waals surface area contributed by atoms with Gasteiger partial charge in [0.25, 0.3) is 0 Å². The van der Waals surface area contributed by atoms with Crippen LogP contribution in [0, 0.1) is 17.8 Å². The Hall–Kier alpha value is -3.67. The van der Waals surface area contributed by atoms with Crippen LogP contribution >= 0.6 is 0 Å². The minimum Gasteiger partial charge on any atom is -0.458 e. The maximum absolute atomic E-state index is 14.3. The molecule has 3 aliphatic rings. The first-order valence-corrected chi connectivity index (χ1v) is 20.3. The van der Waals surface area contributed by atoms with Gasteiger partial charge in [-0.1, -0.05) is 39.0 Å². The highest BCUT2D eigenvalue weighted by Gasteiger charge is 2.60. The summed E-state index contributed by atoms with van der Waals surface area (Å²) in [4.78, 5) is 58.2. The Kier molecular flexibility index (Phi) is 14.1. The van der Waals surface area contributed by atoms with Gasteiger partial charge in [-0.3, -0.25) is 19.1 Å². The van der Waals surface area contributed by atoms with Crippen LogP contribution in [0.4, 0.5) is 4.79 Å². The Balaban J connectivity index is 1.44. The summed E-state index contributed by atoms with van der Waals surface area (Å²) >= 11 is 0. The highest BCUT2D eigenvalue weighted by Crippen LogP contribution is 2.40. The van der Waals surface area contributed by atoms with Gasteiger partial charge < -0.3 is 39.0 Å². The number of ketones is 1. The molecular formula is C41H64N6O10. The van der Waals surface area contributed by atoms with E-state index in [0.29, 0.717) is 25.9 Å². The van der Waals surface area contributed by atoms with Crippen molar-refractivity contribution in [3.05, 3.63) is 30.5 Å². The zero-order chi connectivity index (χ0) is 42.0. The van der Waals surface area contributed by atoms with E-state index in [2.05, 4.69) is 15.8 Å². The zero-order valence-electron chi connectivity index (χ0n) is 35.4. The van der Waals surface area contributed by atoms with E-state index >= 15 is 0 Å². The van der Waals surface area contributed by atoms with Crippen LogP contribution < -0.4 is 10.7 Å². The number of ether oxygens (including phenoxy) is 5. The lowest BCUT2D eigenvalue weighted by Gasteiger charge is -2.46. The monoisotopic (exact) mass is 800 g/mol. The van der Waals surface area contributed by atoms with E-state index in [4.69, 9.17) is 23.7 Å². The molecule has 13 atom stereocenters. The summed E-state index contributed by atoms with van der Waals surface area (Å²) in [7, 11) is 5.24. The van der Waals surface area contributed by atoms with Crippen LogP contribution in [0.2, 0.25) is 0 Å². The number of nitrogens with zero attached hydrogens (tertiary/aromatic N) is 4. The van der Waals surface area contributed by atoms with Crippen molar-refractivity contribution in [1.82, 2.24) is 30.4 Å². The Morgan fingerprint density at radius 3 is 2.44 bits per heavy atom. The van der Waals surface area contributed by atoms with Crippen molar-refractivity contribution in [1.29, 1.82) is 0 Å². The molecule has 57 heavy (non-hydrogen) atoms. The molecule has 1 aromatic heterocycles. The fourth-order valence-corrected chi connectivity index (χ4v) is 9.03. The molecule has 2 amide bonds. The van der Waals surface area contributed by atoms with Crippen LogP contribution in [0.5, 0.6) is 0 Å². The first kappa shape index (κ1) is 44.4. The van der Waals surface area contributed by atoms with Gasteiger partial charge in [0.05, 0.1) is 35.4 Å². The molecule has 1 aromatic carbocycles. The number of benzene rings is 1. The number of hydrogen-bond donors (Lipinski definition) is 3. The van der Waals surface area contributed by atoms with Gasteiger partial charge in [0, 0.05) is 43.6 Å². The summed E-state index contributed by atoms with van der Waals surface area (Å²) in [6.07, 6.45) is -1.79. The number of likely N-dealkylation sites (N-methyl/N-ethyl adjacent to an activating group) is 1. The predicted molar refractivity (Wildman–Crippen MR) is 210 cm³/mol. The highest BCUT2D eigenvalue weighted by atomic mass is 16.7. The van der Waals surface area contributed by atoms with Crippen molar-refractivity contribution in [3.8, 4) is 0 Å². The minimum absolute atomic E-state index is 0.178. The second kappa shape index (κ2) is 18.1. The molecule has 3 saturated heterocycles. The number of carbonyl (C=O) groups is 4. The van der Waals surface area contributed by atoms with E-state index in [1.54, 1.807) is 34.6 Å². The molecule has 318 valence electrons. The van der Waals surface area contributed by atoms with Crippen LogP contribution in [0.25, 0.3) is 10.9 Å². The van der Waals surface area contributed by atoms with E-state index in [1.807, 2.05) is 68.0 Å². The molecular weight excluding hydrogens is 736 g/mol. The van der Waals surface area contributed by atoms with E-state index in [0.717, 1.165) is 10.9 Å². The number of aryl methyl sites for hydroxylation is 1. The minimum atomic E-state index is -1.48. The number of methoxy groups -OCH3 is 1. The van der Waals surface area contributed by atoms with Gasteiger partial charge in [-0.25, -0.2) is 15.2 Å². The molecule has 1 unspecified atom stereocenters. The third kappa shape index (κ3) is 9.15. The number of aromatic nitrogens is 2. The van der Waals surface area contributed by atoms with Crippen molar-refractivity contribution < 1.29 is 48.0 Å². The first-order chi connectivity index (χ1) is 26.9. The summed E-state index contributed by atoms with van der Waals surface area (Å²) in [5, 5.41) is 21.4. The maximum Gasteiger partial charge on any atom is 0.425 e. The largest absolute Gasteiger partial charge is 0.458 e. The summed E-state index contributed by atoms with van der Waals surface area (Å²) in [5.74, 6) is -4.71.